The molecule has 7 heteroatoms. The van der Waals surface area contributed by atoms with Crippen LogP contribution < -0.4 is 14.0 Å². The summed E-state index contributed by atoms with van der Waals surface area (Å²) >= 11 is 0. The molecule has 204 valence electrons. The Labute approximate surface area is 251 Å². The molecule has 3 aliphatic rings. The molecule has 0 radical (unpaired) electrons. The number of aromatic nitrogens is 6. The average Bonchev–Trinajstić information content (AvgIpc) is 3.75. The zero-order valence-electron chi connectivity index (χ0n) is 23.3. The number of ether oxygens (including phenoxy) is 1. The topological polar surface area (TPSA) is 52.6 Å². The van der Waals surface area contributed by atoms with Crippen LogP contribution in [0.2, 0.25) is 0 Å². The fourth-order valence-electron chi connectivity index (χ4n) is 7.82. The van der Waals surface area contributed by atoms with Crippen LogP contribution in [0.5, 0.6) is 11.5 Å². The van der Waals surface area contributed by atoms with Crippen molar-refractivity contribution in [1.29, 1.82) is 0 Å². The van der Waals surface area contributed by atoms with Gasteiger partial charge in [0.2, 0.25) is 6.20 Å². The van der Waals surface area contributed by atoms with Crippen LogP contribution >= 0.6 is 0 Å². The molecule has 0 amide bonds. The van der Waals surface area contributed by atoms with E-state index in [-0.39, 0.29) is 0 Å². The molecule has 3 aliphatic heterocycles. The van der Waals surface area contributed by atoms with Crippen LogP contribution in [0, 0.1) is 0 Å². The lowest BCUT2D eigenvalue weighted by Gasteiger charge is -2.32. The molecule has 1 unspecified atom stereocenters. The lowest BCUT2D eigenvalue weighted by molar-refractivity contribution is -0.993. The molecule has 0 fully saturated rings. The van der Waals surface area contributed by atoms with Gasteiger partial charge in [0.25, 0.3) is 5.82 Å². The lowest BCUT2D eigenvalue weighted by atomic mass is 9.84. The first-order valence-electron chi connectivity index (χ1n) is 14.7. The first kappa shape index (κ1) is 22.5. The highest BCUT2D eigenvalue weighted by atomic mass is 16.5. The first-order chi connectivity index (χ1) is 21.8. The molecule has 0 saturated carbocycles. The highest BCUT2D eigenvalue weighted by Crippen LogP contribution is 2.55. The molecule has 3 aromatic carbocycles. The normalized spacial score (nSPS) is 16.5. The Kier molecular flexibility index (Phi) is 3.91. The second-order valence-electron chi connectivity index (χ2n) is 11.6. The summed E-state index contributed by atoms with van der Waals surface area (Å²) in [5.74, 6) is 2.86. The Balaban J connectivity index is 1.25. The van der Waals surface area contributed by atoms with E-state index in [1.165, 1.54) is 21.8 Å². The maximum atomic E-state index is 6.74. The van der Waals surface area contributed by atoms with Gasteiger partial charge in [-0.05, 0) is 60.7 Å². The van der Waals surface area contributed by atoms with Crippen molar-refractivity contribution in [2.45, 2.75) is 5.66 Å². The summed E-state index contributed by atoms with van der Waals surface area (Å²) in [7, 11) is 0. The van der Waals surface area contributed by atoms with Crippen molar-refractivity contribution >= 4 is 21.8 Å². The van der Waals surface area contributed by atoms with E-state index in [1.807, 2.05) is 18.3 Å². The van der Waals surface area contributed by atoms with E-state index in [0.29, 0.717) is 0 Å². The van der Waals surface area contributed by atoms with Gasteiger partial charge in [-0.15, -0.1) is 4.68 Å². The van der Waals surface area contributed by atoms with Crippen molar-refractivity contribution in [3.05, 3.63) is 145 Å². The molecule has 0 saturated heterocycles. The Bertz CT molecular complexity index is 2530. The van der Waals surface area contributed by atoms with Gasteiger partial charge in [0, 0.05) is 46.6 Å². The predicted octanol–water partition coefficient (Wildman–Crippen LogP) is 6.30. The van der Waals surface area contributed by atoms with Crippen molar-refractivity contribution in [2.24, 2.45) is 0 Å². The molecule has 0 aliphatic carbocycles. The number of hydrogen-bond donors (Lipinski definition) is 0. The van der Waals surface area contributed by atoms with Gasteiger partial charge < -0.3 is 4.74 Å². The SMILES string of the molecule is c1cc2c3c(c1)-n1cc(-c4ccc(-c5ccncc5)nc4)c[n+]1C31c3c(ccc4c5ccccc5n(c34)-c3cccc[n+]31)O2. The van der Waals surface area contributed by atoms with Gasteiger partial charge in [-0.25, -0.2) is 0 Å². The Morgan fingerprint density at radius 3 is 2.50 bits per heavy atom. The maximum Gasteiger partial charge on any atom is 0.397 e. The Morgan fingerprint density at radius 1 is 0.705 bits per heavy atom. The van der Waals surface area contributed by atoms with Crippen LogP contribution in [-0.2, 0) is 5.66 Å². The third-order valence-corrected chi connectivity index (χ3v) is 9.54. The number of rotatable bonds is 2. The molecule has 5 aromatic heterocycles. The van der Waals surface area contributed by atoms with Gasteiger partial charge in [-0.2, -0.15) is 9.13 Å². The van der Waals surface area contributed by atoms with Crippen molar-refractivity contribution in [1.82, 2.24) is 19.2 Å². The van der Waals surface area contributed by atoms with Crippen molar-refractivity contribution in [3.63, 3.8) is 0 Å². The summed E-state index contributed by atoms with van der Waals surface area (Å²) in [6.45, 7) is 0. The van der Waals surface area contributed by atoms with Gasteiger partial charge in [-0.1, -0.05) is 35.0 Å². The van der Waals surface area contributed by atoms with E-state index in [1.54, 1.807) is 12.4 Å². The van der Waals surface area contributed by atoms with E-state index in [0.717, 1.165) is 56.5 Å². The average molecular weight is 567 g/mol. The molecule has 0 N–H and O–H groups in total. The zero-order chi connectivity index (χ0) is 28.6. The number of para-hydroxylation sites is 1. The summed E-state index contributed by atoms with van der Waals surface area (Å²) in [5, 5.41) is 2.45. The first-order valence-corrected chi connectivity index (χ1v) is 14.7. The molecule has 8 heterocycles. The second-order valence-corrected chi connectivity index (χ2v) is 11.6. The zero-order valence-corrected chi connectivity index (χ0v) is 23.3. The second kappa shape index (κ2) is 7.65. The van der Waals surface area contributed by atoms with Crippen LogP contribution in [0.15, 0.2) is 134 Å². The number of nitrogens with zero attached hydrogens (tertiary/aromatic N) is 6. The summed E-state index contributed by atoms with van der Waals surface area (Å²) < 4.78 is 16.2. The smallest absolute Gasteiger partial charge is 0.397 e. The van der Waals surface area contributed by atoms with Gasteiger partial charge in [0.05, 0.1) is 23.7 Å². The molecule has 44 heavy (non-hydrogen) atoms. The fraction of sp³-hybridized carbons (Fsp3) is 0.0270. The summed E-state index contributed by atoms with van der Waals surface area (Å²) in [6.07, 6.45) is 12.3. The van der Waals surface area contributed by atoms with Crippen LogP contribution in [0.25, 0.3) is 55.7 Å². The van der Waals surface area contributed by atoms with Gasteiger partial charge in [0.15, 0.2) is 11.1 Å². The van der Waals surface area contributed by atoms with Crippen LogP contribution in [0.4, 0.5) is 0 Å². The summed E-state index contributed by atoms with van der Waals surface area (Å²) in [6, 6.07) is 34.1. The van der Waals surface area contributed by atoms with Crippen LogP contribution in [0.3, 0.4) is 0 Å². The Hall–Kier alpha value is -6.08. The largest absolute Gasteiger partial charge is 0.456 e. The van der Waals surface area contributed by atoms with Gasteiger partial charge in [0.1, 0.15) is 28.3 Å². The van der Waals surface area contributed by atoms with Crippen molar-refractivity contribution in [3.8, 4) is 45.4 Å². The van der Waals surface area contributed by atoms with Gasteiger partial charge >= 0.3 is 5.66 Å². The molecule has 1 atom stereocenters. The minimum Gasteiger partial charge on any atom is -0.456 e. The lowest BCUT2D eigenvalue weighted by Crippen LogP contribution is -2.76. The minimum absolute atomic E-state index is 0.692. The standard InChI is InChI=1S/C37H22N6O/c1-2-7-29-26(6-1)27-12-14-32-35-36(27)43(29)33-10-3-4-19-40(33)37(35)34-30(8-5-9-31(34)44-32)41-21-25(22-42(37)41)24-11-13-28(39-20-24)23-15-17-38-18-16-23/h1-22H/q+2. The predicted molar refractivity (Wildman–Crippen MR) is 165 cm³/mol. The van der Waals surface area contributed by atoms with Crippen molar-refractivity contribution < 1.29 is 14.0 Å². The van der Waals surface area contributed by atoms with E-state index >= 15 is 0 Å². The fourth-order valence-corrected chi connectivity index (χ4v) is 7.82. The van der Waals surface area contributed by atoms with Crippen molar-refractivity contribution in [2.75, 3.05) is 0 Å². The Morgan fingerprint density at radius 2 is 1.59 bits per heavy atom. The molecule has 11 rings (SSSR count). The highest BCUT2D eigenvalue weighted by Gasteiger charge is 2.68. The van der Waals surface area contributed by atoms with Gasteiger partial charge in [-0.3, -0.25) is 9.97 Å². The molecular weight excluding hydrogens is 544 g/mol. The number of fused-ring (bicyclic) bond motifs is 7. The maximum absolute atomic E-state index is 6.74. The number of hydrogen-bond acceptors (Lipinski definition) is 3. The third-order valence-electron chi connectivity index (χ3n) is 9.54. The number of benzene rings is 3. The van der Waals surface area contributed by atoms with E-state index in [9.17, 15) is 0 Å². The quantitative estimate of drug-likeness (QED) is 0.231. The van der Waals surface area contributed by atoms with E-state index in [2.05, 4.69) is 127 Å². The molecular formula is C37H22N6O+2. The molecule has 8 aromatic rings. The highest BCUT2D eigenvalue weighted by molar-refractivity contribution is 6.11. The molecule has 1 spiro atoms. The number of pyridine rings is 3. The third kappa shape index (κ3) is 2.48. The molecule has 7 nitrogen and oxygen atoms in total. The minimum atomic E-state index is -0.692. The summed E-state index contributed by atoms with van der Waals surface area (Å²) in [4.78, 5) is 8.97. The molecule has 0 bridgehead atoms. The van der Waals surface area contributed by atoms with Crippen LogP contribution in [-0.4, -0.2) is 19.2 Å². The van der Waals surface area contributed by atoms with E-state index < -0.39 is 5.66 Å². The monoisotopic (exact) mass is 566 g/mol. The van der Waals surface area contributed by atoms with E-state index in [4.69, 9.17) is 9.72 Å². The van der Waals surface area contributed by atoms with Crippen LogP contribution in [0.1, 0.15) is 11.1 Å². The summed E-state index contributed by atoms with van der Waals surface area (Å²) in [5.41, 5.74) is 9.19.